The lowest BCUT2D eigenvalue weighted by atomic mass is 9.93. The SMILES string of the molecule is O=C(NCc1nc2ccccc2n1CC(=O)N(Cc1ccccc1)C1CCCCC1)c1cccc(Br)c1. The number of amides is 2. The predicted octanol–water partition coefficient (Wildman–Crippen LogP) is 6.09. The summed E-state index contributed by atoms with van der Waals surface area (Å²) < 4.78 is 2.80. The van der Waals surface area contributed by atoms with Gasteiger partial charge in [0.25, 0.3) is 5.91 Å². The maximum Gasteiger partial charge on any atom is 0.251 e. The number of hydrogen-bond donors (Lipinski definition) is 1. The zero-order chi connectivity index (χ0) is 25.6. The maximum absolute atomic E-state index is 13.9. The summed E-state index contributed by atoms with van der Waals surface area (Å²) in [4.78, 5) is 33.5. The van der Waals surface area contributed by atoms with Crippen LogP contribution in [0, 0.1) is 0 Å². The van der Waals surface area contributed by atoms with E-state index in [1.807, 2.05) is 59.2 Å². The molecule has 1 heterocycles. The van der Waals surface area contributed by atoms with E-state index in [0.717, 1.165) is 46.8 Å². The van der Waals surface area contributed by atoms with Gasteiger partial charge in [-0.05, 0) is 48.7 Å². The molecule has 6 nitrogen and oxygen atoms in total. The van der Waals surface area contributed by atoms with Crippen molar-refractivity contribution in [3.63, 3.8) is 0 Å². The van der Waals surface area contributed by atoms with Crippen LogP contribution in [0.2, 0.25) is 0 Å². The van der Waals surface area contributed by atoms with E-state index in [0.29, 0.717) is 17.9 Å². The van der Waals surface area contributed by atoms with Crippen LogP contribution in [0.3, 0.4) is 0 Å². The smallest absolute Gasteiger partial charge is 0.251 e. The summed E-state index contributed by atoms with van der Waals surface area (Å²) in [5.41, 5.74) is 3.41. The van der Waals surface area contributed by atoms with Crippen LogP contribution in [-0.4, -0.2) is 32.3 Å². The van der Waals surface area contributed by atoms with Gasteiger partial charge >= 0.3 is 0 Å². The minimum Gasteiger partial charge on any atom is -0.345 e. The van der Waals surface area contributed by atoms with Crippen molar-refractivity contribution in [2.45, 2.75) is 57.8 Å². The molecule has 37 heavy (non-hydrogen) atoms. The second-order valence-corrected chi connectivity index (χ2v) is 10.5. The molecule has 0 radical (unpaired) electrons. The van der Waals surface area contributed by atoms with Crippen LogP contribution in [0.15, 0.2) is 83.3 Å². The number of nitrogens with zero attached hydrogens (tertiary/aromatic N) is 3. The van der Waals surface area contributed by atoms with Crippen molar-refractivity contribution in [3.8, 4) is 0 Å². The summed E-state index contributed by atoms with van der Waals surface area (Å²) in [5.74, 6) is 0.568. The summed E-state index contributed by atoms with van der Waals surface area (Å²) in [6.07, 6.45) is 5.63. The monoisotopic (exact) mass is 558 g/mol. The molecule has 1 fully saturated rings. The van der Waals surface area contributed by atoms with Gasteiger partial charge in [-0.2, -0.15) is 0 Å². The predicted molar refractivity (Wildman–Crippen MR) is 149 cm³/mol. The molecule has 0 aliphatic heterocycles. The molecule has 1 aliphatic rings. The second-order valence-electron chi connectivity index (χ2n) is 9.59. The molecule has 1 aromatic heterocycles. The average molecular weight is 560 g/mol. The van der Waals surface area contributed by atoms with Crippen LogP contribution in [0.25, 0.3) is 11.0 Å². The Morgan fingerprint density at radius 3 is 2.49 bits per heavy atom. The first-order valence-corrected chi connectivity index (χ1v) is 13.7. The Morgan fingerprint density at radius 1 is 0.946 bits per heavy atom. The van der Waals surface area contributed by atoms with Gasteiger partial charge in [-0.15, -0.1) is 0 Å². The largest absolute Gasteiger partial charge is 0.345 e. The molecule has 0 unspecified atom stereocenters. The number of para-hydroxylation sites is 2. The summed E-state index contributed by atoms with van der Waals surface area (Å²) in [5, 5.41) is 2.98. The first kappa shape index (κ1) is 25.2. The Hall–Kier alpha value is -3.45. The molecule has 0 bridgehead atoms. The Morgan fingerprint density at radius 2 is 1.70 bits per heavy atom. The summed E-state index contributed by atoms with van der Waals surface area (Å²) in [6, 6.07) is 25.6. The van der Waals surface area contributed by atoms with Gasteiger partial charge in [-0.1, -0.05) is 83.7 Å². The first-order valence-electron chi connectivity index (χ1n) is 12.9. The zero-order valence-electron chi connectivity index (χ0n) is 20.8. The number of benzene rings is 3. The van der Waals surface area contributed by atoms with Crippen LogP contribution in [0.5, 0.6) is 0 Å². The van der Waals surface area contributed by atoms with Crippen molar-refractivity contribution < 1.29 is 9.59 Å². The molecule has 5 rings (SSSR count). The molecule has 1 saturated carbocycles. The molecule has 190 valence electrons. The quantitative estimate of drug-likeness (QED) is 0.284. The van der Waals surface area contributed by atoms with Crippen molar-refractivity contribution >= 4 is 38.8 Å². The Labute approximate surface area is 225 Å². The fourth-order valence-electron chi connectivity index (χ4n) is 5.15. The van der Waals surface area contributed by atoms with Crippen molar-refractivity contribution in [1.29, 1.82) is 0 Å². The van der Waals surface area contributed by atoms with Crippen molar-refractivity contribution in [3.05, 3.63) is 100 Å². The standard InChI is InChI=1S/C30H31BrN4O2/c31-24-13-9-12-23(18-24)30(37)32-19-28-33-26-16-7-8-17-27(26)35(28)21-29(36)34(25-14-5-2-6-15-25)20-22-10-3-1-4-11-22/h1,3-4,7-13,16-18,25H,2,5-6,14-15,19-21H2,(H,32,37). The van der Waals surface area contributed by atoms with Crippen LogP contribution in [0.1, 0.15) is 53.8 Å². The molecule has 2 amide bonds. The summed E-state index contributed by atoms with van der Waals surface area (Å²) >= 11 is 3.42. The lowest BCUT2D eigenvalue weighted by Gasteiger charge is -2.35. The number of rotatable bonds is 8. The lowest BCUT2D eigenvalue weighted by Crippen LogP contribution is -2.42. The molecule has 0 atom stereocenters. The number of halogens is 1. The fourth-order valence-corrected chi connectivity index (χ4v) is 5.55. The summed E-state index contributed by atoms with van der Waals surface area (Å²) in [6.45, 7) is 1.02. The van der Waals surface area contributed by atoms with Gasteiger partial charge in [0.15, 0.2) is 0 Å². The average Bonchev–Trinajstić information content (AvgIpc) is 3.28. The van der Waals surface area contributed by atoms with E-state index >= 15 is 0 Å². The maximum atomic E-state index is 13.9. The molecular formula is C30H31BrN4O2. The number of carbonyl (C=O) groups is 2. The molecule has 7 heteroatoms. The third-order valence-corrected chi connectivity index (χ3v) is 7.55. The molecule has 0 saturated heterocycles. The number of carbonyl (C=O) groups excluding carboxylic acids is 2. The van der Waals surface area contributed by atoms with Gasteiger partial charge in [-0.25, -0.2) is 4.98 Å². The molecule has 0 spiro atoms. The van der Waals surface area contributed by atoms with Crippen molar-refractivity contribution in [2.75, 3.05) is 0 Å². The van der Waals surface area contributed by atoms with E-state index in [-0.39, 0.29) is 30.9 Å². The molecule has 1 aliphatic carbocycles. The molecule has 1 N–H and O–H groups in total. The van der Waals surface area contributed by atoms with Crippen LogP contribution in [-0.2, 0) is 24.4 Å². The summed E-state index contributed by atoms with van der Waals surface area (Å²) in [7, 11) is 0. The van der Waals surface area contributed by atoms with Gasteiger partial charge in [0.2, 0.25) is 5.91 Å². The van der Waals surface area contributed by atoms with Gasteiger partial charge in [0.05, 0.1) is 17.6 Å². The van der Waals surface area contributed by atoms with Crippen LogP contribution in [0.4, 0.5) is 0 Å². The fraction of sp³-hybridized carbons (Fsp3) is 0.300. The number of imidazole rings is 1. The Balaban J connectivity index is 1.39. The van der Waals surface area contributed by atoms with Gasteiger partial charge in [-0.3, -0.25) is 9.59 Å². The van der Waals surface area contributed by atoms with E-state index in [9.17, 15) is 9.59 Å². The van der Waals surface area contributed by atoms with Gasteiger partial charge in [0, 0.05) is 22.6 Å². The minimum atomic E-state index is -0.181. The third kappa shape index (κ3) is 6.10. The van der Waals surface area contributed by atoms with Crippen molar-refractivity contribution in [1.82, 2.24) is 19.8 Å². The number of aromatic nitrogens is 2. The van der Waals surface area contributed by atoms with Crippen molar-refractivity contribution in [2.24, 2.45) is 0 Å². The molecule has 4 aromatic rings. The first-order chi connectivity index (χ1) is 18.1. The van der Waals surface area contributed by atoms with E-state index in [2.05, 4.69) is 38.3 Å². The van der Waals surface area contributed by atoms with Gasteiger partial charge in [0.1, 0.15) is 12.4 Å². The van der Waals surface area contributed by atoms with Gasteiger partial charge < -0.3 is 14.8 Å². The number of nitrogens with one attached hydrogen (secondary N) is 1. The highest BCUT2D eigenvalue weighted by Crippen LogP contribution is 2.25. The number of fused-ring (bicyclic) bond motifs is 1. The van der Waals surface area contributed by atoms with E-state index in [1.54, 1.807) is 12.1 Å². The Kier molecular flexibility index (Phi) is 7.99. The second kappa shape index (κ2) is 11.7. The lowest BCUT2D eigenvalue weighted by molar-refractivity contribution is -0.135. The van der Waals surface area contributed by atoms with Crippen LogP contribution >= 0.6 is 15.9 Å². The highest BCUT2D eigenvalue weighted by atomic mass is 79.9. The number of hydrogen-bond acceptors (Lipinski definition) is 3. The Bertz CT molecular complexity index is 1380. The van der Waals surface area contributed by atoms with Crippen LogP contribution < -0.4 is 5.32 Å². The van der Waals surface area contributed by atoms with E-state index < -0.39 is 0 Å². The van der Waals surface area contributed by atoms with E-state index in [1.165, 1.54) is 6.42 Å². The minimum absolute atomic E-state index is 0.0819. The molecule has 3 aromatic carbocycles. The topological polar surface area (TPSA) is 67.2 Å². The highest BCUT2D eigenvalue weighted by molar-refractivity contribution is 9.10. The van der Waals surface area contributed by atoms with E-state index in [4.69, 9.17) is 4.98 Å². The zero-order valence-corrected chi connectivity index (χ0v) is 22.4. The third-order valence-electron chi connectivity index (χ3n) is 7.05. The highest BCUT2D eigenvalue weighted by Gasteiger charge is 2.27. The normalized spacial score (nSPS) is 14.0. The molecular weight excluding hydrogens is 528 g/mol.